The van der Waals surface area contributed by atoms with Gasteiger partial charge in [0.15, 0.2) is 5.06 Å². The molecule has 3 nitrogen and oxygen atoms in total. The summed E-state index contributed by atoms with van der Waals surface area (Å²) >= 11 is 12.8. The molecule has 0 N–H and O–H groups in total. The van der Waals surface area contributed by atoms with E-state index in [4.69, 9.17) is 27.9 Å². The summed E-state index contributed by atoms with van der Waals surface area (Å²) in [6.45, 7) is -2.12. The summed E-state index contributed by atoms with van der Waals surface area (Å²) in [7, 11) is 7.71. The number of halogens is 1. The van der Waals surface area contributed by atoms with E-state index in [1.807, 2.05) is 42.9 Å². The van der Waals surface area contributed by atoms with Crippen molar-refractivity contribution in [2.45, 2.75) is 0 Å². The standard InChI is InChI=1S/C8H14ClN2OPS2/c1-10(2)13(14,11(3)4)12-8-5-7(9)6-15-8/h5-6H,1-4H3. The summed E-state index contributed by atoms with van der Waals surface area (Å²) in [6, 6.07) is 1.79. The summed E-state index contributed by atoms with van der Waals surface area (Å²) in [5, 5.41) is 3.29. The van der Waals surface area contributed by atoms with Crippen LogP contribution in [0.4, 0.5) is 0 Å². The first-order valence-electron chi connectivity index (χ1n) is 4.25. The van der Waals surface area contributed by atoms with Crippen molar-refractivity contribution in [3.05, 3.63) is 16.5 Å². The summed E-state index contributed by atoms with van der Waals surface area (Å²) < 4.78 is 9.74. The lowest BCUT2D eigenvalue weighted by molar-refractivity contribution is 0.455. The van der Waals surface area contributed by atoms with Crippen molar-refractivity contribution in [2.75, 3.05) is 28.2 Å². The van der Waals surface area contributed by atoms with Gasteiger partial charge >= 0.3 is 0 Å². The fourth-order valence-corrected chi connectivity index (χ4v) is 3.97. The molecule has 86 valence electrons. The van der Waals surface area contributed by atoms with Gasteiger partial charge in [0, 0.05) is 11.4 Å². The van der Waals surface area contributed by atoms with Crippen molar-refractivity contribution in [2.24, 2.45) is 0 Å². The molecule has 0 radical (unpaired) electrons. The van der Waals surface area contributed by atoms with Crippen molar-refractivity contribution in [3.8, 4) is 5.06 Å². The molecule has 0 spiro atoms. The van der Waals surface area contributed by atoms with Crippen molar-refractivity contribution in [3.63, 3.8) is 0 Å². The molecule has 1 rings (SSSR count). The minimum Gasteiger partial charge on any atom is -0.430 e. The number of rotatable bonds is 4. The molecule has 0 saturated heterocycles. The molecular formula is C8H14ClN2OPS2. The molecule has 15 heavy (non-hydrogen) atoms. The summed E-state index contributed by atoms with van der Waals surface area (Å²) in [6.07, 6.45) is 0. The Labute approximate surface area is 105 Å². The van der Waals surface area contributed by atoms with Crippen LogP contribution in [0, 0.1) is 0 Å². The third-order valence-corrected chi connectivity index (χ3v) is 7.68. The van der Waals surface area contributed by atoms with Gasteiger partial charge in [-0.15, -0.1) is 11.3 Å². The Morgan fingerprint density at radius 3 is 2.20 bits per heavy atom. The molecule has 1 heterocycles. The number of thiophene rings is 1. The van der Waals surface area contributed by atoms with Crippen LogP contribution in [0.2, 0.25) is 5.02 Å². The highest BCUT2D eigenvalue weighted by molar-refractivity contribution is 8.10. The van der Waals surface area contributed by atoms with Gasteiger partial charge in [-0.25, -0.2) is 9.34 Å². The van der Waals surface area contributed by atoms with E-state index in [9.17, 15) is 0 Å². The maximum Gasteiger partial charge on any atom is 0.253 e. The maximum atomic E-state index is 5.86. The summed E-state index contributed by atoms with van der Waals surface area (Å²) in [5.74, 6) is 0. The monoisotopic (exact) mass is 284 g/mol. The van der Waals surface area contributed by atoms with Gasteiger partial charge < -0.3 is 4.52 Å². The minimum atomic E-state index is -2.12. The molecule has 0 fully saturated rings. The number of hydrogen-bond acceptors (Lipinski definition) is 3. The van der Waals surface area contributed by atoms with E-state index >= 15 is 0 Å². The highest BCUT2D eigenvalue weighted by Crippen LogP contribution is 2.52. The van der Waals surface area contributed by atoms with Crippen LogP contribution in [0.5, 0.6) is 5.06 Å². The Morgan fingerprint density at radius 1 is 1.33 bits per heavy atom. The van der Waals surface area contributed by atoms with Crippen molar-refractivity contribution < 1.29 is 4.52 Å². The quantitative estimate of drug-likeness (QED) is 0.789. The van der Waals surface area contributed by atoms with E-state index in [-0.39, 0.29) is 0 Å². The van der Waals surface area contributed by atoms with Gasteiger partial charge in [0.25, 0.3) is 6.57 Å². The van der Waals surface area contributed by atoms with Crippen LogP contribution >= 0.6 is 29.5 Å². The second-order valence-corrected chi connectivity index (χ2v) is 8.86. The van der Waals surface area contributed by atoms with Gasteiger partial charge in [0.05, 0.1) is 5.02 Å². The highest BCUT2D eigenvalue weighted by atomic mass is 35.5. The van der Waals surface area contributed by atoms with E-state index in [1.165, 1.54) is 11.3 Å². The molecule has 0 amide bonds. The number of hydrogen-bond donors (Lipinski definition) is 0. The predicted octanol–water partition coefficient (Wildman–Crippen LogP) is 3.13. The van der Waals surface area contributed by atoms with Gasteiger partial charge in [-0.3, -0.25) is 0 Å². The average molecular weight is 285 g/mol. The van der Waals surface area contributed by atoms with Gasteiger partial charge in [0.2, 0.25) is 0 Å². The van der Waals surface area contributed by atoms with Gasteiger partial charge in [0.1, 0.15) is 0 Å². The van der Waals surface area contributed by atoms with Gasteiger partial charge in [-0.2, -0.15) is 0 Å². The molecule has 0 unspecified atom stereocenters. The second kappa shape index (κ2) is 5.13. The van der Waals surface area contributed by atoms with Gasteiger partial charge in [-0.1, -0.05) is 11.6 Å². The molecular weight excluding hydrogens is 271 g/mol. The summed E-state index contributed by atoms with van der Waals surface area (Å²) in [5.41, 5.74) is 0. The van der Waals surface area contributed by atoms with E-state index in [2.05, 4.69) is 0 Å². The van der Waals surface area contributed by atoms with E-state index in [1.54, 1.807) is 6.07 Å². The first kappa shape index (κ1) is 13.4. The van der Waals surface area contributed by atoms with Crippen molar-refractivity contribution in [1.29, 1.82) is 0 Å². The molecule has 0 saturated carbocycles. The first-order valence-corrected chi connectivity index (χ1v) is 8.14. The molecule has 0 aromatic carbocycles. The van der Waals surface area contributed by atoms with Crippen LogP contribution < -0.4 is 4.52 Å². The Morgan fingerprint density at radius 2 is 1.87 bits per heavy atom. The predicted molar refractivity (Wildman–Crippen MR) is 71.6 cm³/mol. The highest BCUT2D eigenvalue weighted by Gasteiger charge is 2.26. The zero-order chi connectivity index (χ0) is 11.6. The normalized spacial score (nSPS) is 12.5. The molecule has 0 aliphatic rings. The molecule has 0 atom stereocenters. The first-order chi connectivity index (χ1) is 6.86. The average Bonchev–Trinajstić information content (AvgIpc) is 2.50. The van der Waals surface area contributed by atoms with Crippen molar-refractivity contribution in [1.82, 2.24) is 9.34 Å². The SMILES string of the molecule is CN(C)P(=S)(Oc1cc(Cl)cs1)N(C)C. The molecule has 0 bridgehead atoms. The molecule has 1 aromatic rings. The van der Waals surface area contributed by atoms with Crippen LogP contribution in [0.1, 0.15) is 0 Å². The molecule has 0 aliphatic carbocycles. The molecule has 1 aromatic heterocycles. The Hall–Kier alpha value is 0.360. The molecule has 7 heteroatoms. The van der Waals surface area contributed by atoms with Crippen LogP contribution in [0.25, 0.3) is 0 Å². The zero-order valence-corrected chi connectivity index (χ0v) is 12.4. The second-order valence-electron chi connectivity index (χ2n) is 3.36. The third-order valence-electron chi connectivity index (χ3n) is 1.76. The topological polar surface area (TPSA) is 15.7 Å². The van der Waals surface area contributed by atoms with E-state index in [0.29, 0.717) is 5.02 Å². The van der Waals surface area contributed by atoms with Crippen LogP contribution in [0.3, 0.4) is 0 Å². The largest absolute Gasteiger partial charge is 0.430 e. The number of nitrogens with zero attached hydrogens (tertiary/aromatic N) is 2. The van der Waals surface area contributed by atoms with Crippen LogP contribution in [-0.4, -0.2) is 37.5 Å². The van der Waals surface area contributed by atoms with Crippen LogP contribution in [-0.2, 0) is 11.8 Å². The fraction of sp³-hybridized carbons (Fsp3) is 0.500. The summed E-state index contributed by atoms with van der Waals surface area (Å²) in [4.78, 5) is 0. The minimum absolute atomic E-state index is 0.689. The lowest BCUT2D eigenvalue weighted by atomic mass is 10.6. The van der Waals surface area contributed by atoms with Crippen molar-refractivity contribution >= 4 is 41.3 Å². The third kappa shape index (κ3) is 3.16. The maximum absolute atomic E-state index is 5.86. The lowest BCUT2D eigenvalue weighted by Crippen LogP contribution is -2.24. The Balaban J connectivity index is 2.90. The van der Waals surface area contributed by atoms with Gasteiger partial charge in [-0.05, 0) is 40.0 Å². The molecule has 0 aliphatic heterocycles. The Kier molecular flexibility index (Phi) is 4.59. The van der Waals surface area contributed by atoms with E-state index < -0.39 is 6.57 Å². The van der Waals surface area contributed by atoms with E-state index in [0.717, 1.165) is 5.06 Å². The lowest BCUT2D eigenvalue weighted by Gasteiger charge is -2.33. The zero-order valence-electron chi connectivity index (χ0n) is 9.10. The smallest absolute Gasteiger partial charge is 0.253 e. The Bertz CT molecular complexity index is 368. The van der Waals surface area contributed by atoms with Crippen LogP contribution in [0.15, 0.2) is 11.4 Å². The fourth-order valence-electron chi connectivity index (χ4n) is 0.981.